The van der Waals surface area contributed by atoms with Crippen LogP contribution in [-0.2, 0) is 6.42 Å². The zero-order chi connectivity index (χ0) is 14.5. The van der Waals surface area contributed by atoms with Gasteiger partial charge >= 0.3 is 0 Å². The second-order valence-corrected chi connectivity index (χ2v) is 5.69. The minimum atomic E-state index is -0.277. The van der Waals surface area contributed by atoms with Gasteiger partial charge in [0.1, 0.15) is 5.82 Å². The maximum atomic E-state index is 13.9. The molecule has 5 heteroatoms. The lowest BCUT2D eigenvalue weighted by atomic mass is 10.0. The van der Waals surface area contributed by atoms with Gasteiger partial charge in [-0.3, -0.25) is 0 Å². The van der Waals surface area contributed by atoms with Gasteiger partial charge in [0.25, 0.3) is 0 Å². The maximum absolute atomic E-state index is 13.9. The van der Waals surface area contributed by atoms with Gasteiger partial charge in [-0.2, -0.15) is 0 Å². The molecule has 0 saturated carbocycles. The van der Waals surface area contributed by atoms with Crippen molar-refractivity contribution in [2.75, 3.05) is 6.54 Å². The van der Waals surface area contributed by atoms with Crippen LogP contribution < -0.4 is 5.32 Å². The summed E-state index contributed by atoms with van der Waals surface area (Å²) in [6, 6.07) is 6.59. The quantitative estimate of drug-likeness (QED) is 0.773. The van der Waals surface area contributed by atoms with Crippen molar-refractivity contribution in [1.29, 1.82) is 0 Å². The third kappa shape index (κ3) is 3.62. The standard InChI is InChI=1S/C15H16BrClFNO/c1-2-7-19-14(10-6-8-20-15(10)16)9-11-12(17)4-3-5-13(11)18/h3-6,8,14,19H,2,7,9H2,1H3. The molecule has 2 rings (SSSR count). The number of hydrogen-bond donors (Lipinski definition) is 1. The minimum absolute atomic E-state index is 0.0440. The summed E-state index contributed by atoms with van der Waals surface area (Å²) >= 11 is 9.48. The maximum Gasteiger partial charge on any atom is 0.173 e. The fraction of sp³-hybridized carbons (Fsp3) is 0.333. The van der Waals surface area contributed by atoms with E-state index in [1.807, 2.05) is 6.07 Å². The topological polar surface area (TPSA) is 25.2 Å². The van der Waals surface area contributed by atoms with Crippen molar-refractivity contribution in [3.63, 3.8) is 0 Å². The molecule has 2 aromatic rings. The fourth-order valence-corrected chi connectivity index (χ4v) is 2.85. The molecule has 20 heavy (non-hydrogen) atoms. The highest BCUT2D eigenvalue weighted by Gasteiger charge is 2.19. The molecule has 1 heterocycles. The summed E-state index contributed by atoms with van der Waals surface area (Å²) in [5, 5.41) is 3.85. The first kappa shape index (κ1) is 15.5. The van der Waals surface area contributed by atoms with Gasteiger partial charge < -0.3 is 9.73 Å². The third-order valence-electron chi connectivity index (χ3n) is 3.13. The summed E-state index contributed by atoms with van der Waals surface area (Å²) in [5.74, 6) is -0.277. The lowest BCUT2D eigenvalue weighted by Gasteiger charge is -2.19. The number of rotatable bonds is 6. The van der Waals surface area contributed by atoms with Crippen LogP contribution in [0.3, 0.4) is 0 Å². The van der Waals surface area contributed by atoms with Crippen molar-refractivity contribution in [2.24, 2.45) is 0 Å². The van der Waals surface area contributed by atoms with Crippen LogP contribution in [0.15, 0.2) is 39.6 Å². The summed E-state index contributed by atoms with van der Waals surface area (Å²) in [7, 11) is 0. The van der Waals surface area contributed by atoms with Crippen molar-refractivity contribution < 1.29 is 8.81 Å². The van der Waals surface area contributed by atoms with Crippen LogP contribution in [0, 0.1) is 5.82 Å². The number of benzene rings is 1. The van der Waals surface area contributed by atoms with Crippen molar-refractivity contribution in [1.82, 2.24) is 5.32 Å². The van der Waals surface area contributed by atoms with Gasteiger partial charge in [0.05, 0.1) is 6.26 Å². The van der Waals surface area contributed by atoms with Crippen molar-refractivity contribution in [3.05, 3.63) is 57.2 Å². The molecule has 1 N–H and O–H groups in total. The Hall–Kier alpha value is -0.840. The van der Waals surface area contributed by atoms with Gasteiger partial charge in [0, 0.05) is 22.2 Å². The van der Waals surface area contributed by atoms with Crippen LogP contribution in [-0.4, -0.2) is 6.54 Å². The van der Waals surface area contributed by atoms with E-state index in [-0.39, 0.29) is 11.9 Å². The lowest BCUT2D eigenvalue weighted by molar-refractivity contribution is 0.490. The van der Waals surface area contributed by atoms with Gasteiger partial charge in [-0.15, -0.1) is 0 Å². The smallest absolute Gasteiger partial charge is 0.173 e. The summed E-state index contributed by atoms with van der Waals surface area (Å²) in [6.07, 6.45) is 3.09. The van der Waals surface area contributed by atoms with E-state index in [1.54, 1.807) is 18.4 Å². The second kappa shape index (κ2) is 7.25. The van der Waals surface area contributed by atoms with E-state index >= 15 is 0 Å². The molecule has 1 unspecified atom stereocenters. The highest BCUT2D eigenvalue weighted by molar-refractivity contribution is 9.10. The molecule has 2 nitrogen and oxygen atoms in total. The first-order valence-electron chi connectivity index (χ1n) is 6.52. The van der Waals surface area contributed by atoms with Crippen LogP contribution in [0.4, 0.5) is 4.39 Å². The van der Waals surface area contributed by atoms with E-state index in [4.69, 9.17) is 16.0 Å². The van der Waals surface area contributed by atoms with Crippen LogP contribution in [0.1, 0.15) is 30.5 Å². The number of halogens is 3. The van der Waals surface area contributed by atoms with Crippen LogP contribution >= 0.6 is 27.5 Å². The summed E-state index contributed by atoms with van der Waals surface area (Å²) in [6.45, 7) is 2.93. The monoisotopic (exact) mass is 359 g/mol. The molecule has 0 bridgehead atoms. The lowest BCUT2D eigenvalue weighted by Crippen LogP contribution is -2.24. The van der Waals surface area contributed by atoms with Crippen LogP contribution in [0.2, 0.25) is 5.02 Å². The van der Waals surface area contributed by atoms with E-state index in [0.29, 0.717) is 21.7 Å². The highest BCUT2D eigenvalue weighted by atomic mass is 79.9. The Morgan fingerprint density at radius 1 is 1.40 bits per heavy atom. The Morgan fingerprint density at radius 3 is 2.80 bits per heavy atom. The first-order valence-corrected chi connectivity index (χ1v) is 7.69. The van der Waals surface area contributed by atoms with E-state index in [0.717, 1.165) is 18.5 Å². The molecule has 108 valence electrons. The molecule has 0 radical (unpaired) electrons. The molecule has 0 aliphatic heterocycles. The number of nitrogens with one attached hydrogen (secondary N) is 1. The Kier molecular flexibility index (Phi) is 5.64. The zero-order valence-electron chi connectivity index (χ0n) is 11.1. The molecule has 1 aromatic carbocycles. The molecule has 0 spiro atoms. The summed E-state index contributed by atoms with van der Waals surface area (Å²) in [5.41, 5.74) is 1.49. The van der Waals surface area contributed by atoms with E-state index in [2.05, 4.69) is 28.2 Å². The normalized spacial score (nSPS) is 12.6. The molecule has 0 aliphatic rings. The minimum Gasteiger partial charge on any atom is -0.457 e. The zero-order valence-corrected chi connectivity index (χ0v) is 13.5. The Bertz CT molecular complexity index is 553. The van der Waals surface area contributed by atoms with Gasteiger partial charge in [-0.25, -0.2) is 4.39 Å². The van der Waals surface area contributed by atoms with Gasteiger partial charge in [0.2, 0.25) is 0 Å². The summed E-state index contributed by atoms with van der Waals surface area (Å²) < 4.78 is 19.9. The predicted molar refractivity (Wildman–Crippen MR) is 82.6 cm³/mol. The van der Waals surface area contributed by atoms with Gasteiger partial charge in [0.15, 0.2) is 4.67 Å². The van der Waals surface area contributed by atoms with Crippen molar-refractivity contribution >= 4 is 27.5 Å². The van der Waals surface area contributed by atoms with Crippen LogP contribution in [0.25, 0.3) is 0 Å². The highest BCUT2D eigenvalue weighted by Crippen LogP contribution is 2.30. The van der Waals surface area contributed by atoms with Crippen molar-refractivity contribution in [3.8, 4) is 0 Å². The second-order valence-electron chi connectivity index (χ2n) is 4.56. The number of hydrogen-bond acceptors (Lipinski definition) is 2. The van der Waals surface area contributed by atoms with Crippen LogP contribution in [0.5, 0.6) is 0 Å². The molecule has 0 amide bonds. The third-order valence-corrected chi connectivity index (χ3v) is 4.13. The molecule has 0 saturated heterocycles. The summed E-state index contributed by atoms with van der Waals surface area (Å²) in [4.78, 5) is 0. The molecule has 1 aromatic heterocycles. The molecule has 0 fully saturated rings. The van der Waals surface area contributed by atoms with E-state index in [9.17, 15) is 4.39 Å². The molecule has 0 aliphatic carbocycles. The Labute approximate surface area is 131 Å². The molecular formula is C15H16BrClFNO. The predicted octanol–water partition coefficient (Wildman–Crippen LogP) is 5.12. The van der Waals surface area contributed by atoms with Crippen molar-refractivity contribution in [2.45, 2.75) is 25.8 Å². The SMILES string of the molecule is CCCNC(Cc1c(F)cccc1Cl)c1ccoc1Br. The Morgan fingerprint density at radius 2 is 2.20 bits per heavy atom. The Balaban J connectivity index is 2.26. The fourth-order valence-electron chi connectivity index (χ4n) is 2.10. The van der Waals surface area contributed by atoms with E-state index < -0.39 is 0 Å². The van der Waals surface area contributed by atoms with Gasteiger partial charge in [-0.1, -0.05) is 24.6 Å². The number of furan rings is 1. The molecular weight excluding hydrogens is 345 g/mol. The largest absolute Gasteiger partial charge is 0.457 e. The van der Waals surface area contributed by atoms with E-state index in [1.165, 1.54) is 6.07 Å². The van der Waals surface area contributed by atoms with Gasteiger partial charge in [-0.05, 0) is 53.5 Å². The first-order chi connectivity index (χ1) is 9.63. The molecule has 1 atom stereocenters. The average molecular weight is 361 g/mol. The average Bonchev–Trinajstić information content (AvgIpc) is 2.84.